The van der Waals surface area contributed by atoms with E-state index in [-0.39, 0.29) is 0 Å². The smallest absolute Gasteiger partial charge is 0.0991 e. The molecule has 0 N–H and O–H groups in total. The van der Waals surface area contributed by atoms with Gasteiger partial charge in [0.2, 0.25) is 0 Å². The van der Waals surface area contributed by atoms with Gasteiger partial charge in [-0.3, -0.25) is 4.99 Å². The number of rotatable bonds is 4. The molecule has 0 aliphatic rings. The summed E-state index contributed by atoms with van der Waals surface area (Å²) in [6.07, 6.45) is 4.09. The summed E-state index contributed by atoms with van der Waals surface area (Å²) in [4.78, 5) is 4.43. The van der Waals surface area contributed by atoms with Gasteiger partial charge in [-0.25, -0.2) is 0 Å². The number of benzene rings is 2. The SMILES string of the molecule is CCCc1ccc(N=Cc2ccc(C#N)cc2)cc1. The molecule has 0 saturated heterocycles. The number of nitrogens with zero attached hydrogens (tertiary/aromatic N) is 2. The van der Waals surface area contributed by atoms with Gasteiger partial charge in [0.15, 0.2) is 0 Å². The van der Waals surface area contributed by atoms with Crippen molar-refractivity contribution in [3.05, 3.63) is 65.2 Å². The normalized spacial score (nSPS) is 10.5. The van der Waals surface area contributed by atoms with Crippen molar-refractivity contribution in [2.75, 3.05) is 0 Å². The average molecular weight is 248 g/mol. The first-order chi connectivity index (χ1) is 9.31. The summed E-state index contributed by atoms with van der Waals surface area (Å²) in [6.45, 7) is 2.18. The maximum absolute atomic E-state index is 8.72. The molecule has 2 aromatic carbocycles. The van der Waals surface area contributed by atoms with Crippen LogP contribution in [0.15, 0.2) is 53.5 Å². The second kappa shape index (κ2) is 6.51. The fourth-order valence-electron chi connectivity index (χ4n) is 1.83. The topological polar surface area (TPSA) is 36.1 Å². The van der Waals surface area contributed by atoms with Crippen molar-refractivity contribution in [2.24, 2.45) is 4.99 Å². The number of nitriles is 1. The zero-order valence-corrected chi connectivity index (χ0v) is 11.0. The van der Waals surface area contributed by atoms with E-state index < -0.39 is 0 Å². The minimum absolute atomic E-state index is 0.668. The van der Waals surface area contributed by atoms with Gasteiger partial charge in [-0.2, -0.15) is 5.26 Å². The third kappa shape index (κ3) is 3.79. The Kier molecular flexibility index (Phi) is 4.47. The number of hydrogen-bond donors (Lipinski definition) is 0. The van der Waals surface area contributed by atoms with Crippen molar-refractivity contribution >= 4 is 11.9 Å². The molecule has 2 rings (SSSR count). The van der Waals surface area contributed by atoms with Crippen LogP contribution in [0.25, 0.3) is 0 Å². The molecular weight excluding hydrogens is 232 g/mol. The first kappa shape index (κ1) is 13.0. The molecule has 0 saturated carbocycles. The zero-order valence-electron chi connectivity index (χ0n) is 11.0. The first-order valence-corrected chi connectivity index (χ1v) is 6.45. The van der Waals surface area contributed by atoms with Gasteiger partial charge in [-0.15, -0.1) is 0 Å². The lowest BCUT2D eigenvalue weighted by Crippen LogP contribution is -1.82. The summed E-state index contributed by atoms with van der Waals surface area (Å²) in [5.41, 5.74) is 3.96. The molecule has 0 aromatic heterocycles. The molecule has 0 unspecified atom stereocenters. The fourth-order valence-corrected chi connectivity index (χ4v) is 1.83. The zero-order chi connectivity index (χ0) is 13.5. The first-order valence-electron chi connectivity index (χ1n) is 6.45. The van der Waals surface area contributed by atoms with Crippen LogP contribution >= 0.6 is 0 Å². The predicted octanol–water partition coefficient (Wildman–Crippen LogP) is 4.26. The van der Waals surface area contributed by atoms with Gasteiger partial charge in [0, 0.05) is 6.21 Å². The Hall–Kier alpha value is -2.40. The van der Waals surface area contributed by atoms with E-state index in [1.54, 1.807) is 12.1 Å². The van der Waals surface area contributed by atoms with Gasteiger partial charge >= 0.3 is 0 Å². The minimum atomic E-state index is 0.668. The maximum atomic E-state index is 8.72. The van der Waals surface area contributed by atoms with Crippen LogP contribution in [-0.2, 0) is 6.42 Å². The molecule has 0 radical (unpaired) electrons. The third-order valence-electron chi connectivity index (χ3n) is 2.88. The minimum Gasteiger partial charge on any atom is -0.256 e. The molecule has 0 aliphatic heterocycles. The highest BCUT2D eigenvalue weighted by molar-refractivity contribution is 5.82. The van der Waals surface area contributed by atoms with Crippen LogP contribution in [0.5, 0.6) is 0 Å². The number of aryl methyl sites for hydroxylation is 1. The molecule has 0 amide bonds. The van der Waals surface area contributed by atoms with Crippen molar-refractivity contribution < 1.29 is 0 Å². The van der Waals surface area contributed by atoms with Crippen molar-refractivity contribution in [1.29, 1.82) is 5.26 Å². The third-order valence-corrected chi connectivity index (χ3v) is 2.88. The highest BCUT2D eigenvalue weighted by Gasteiger charge is 1.93. The fraction of sp³-hybridized carbons (Fsp3) is 0.176. The lowest BCUT2D eigenvalue weighted by atomic mass is 10.1. The van der Waals surface area contributed by atoms with E-state index in [0.717, 1.165) is 24.1 Å². The van der Waals surface area contributed by atoms with Gasteiger partial charge in [-0.05, 0) is 41.8 Å². The molecule has 0 atom stereocenters. The largest absolute Gasteiger partial charge is 0.256 e. The summed E-state index contributed by atoms with van der Waals surface area (Å²) in [6, 6.07) is 17.8. The van der Waals surface area contributed by atoms with Crippen LogP contribution in [0.1, 0.15) is 30.0 Å². The summed E-state index contributed by atoms with van der Waals surface area (Å²) in [5, 5.41) is 8.72. The van der Waals surface area contributed by atoms with E-state index in [9.17, 15) is 0 Å². The van der Waals surface area contributed by atoms with E-state index >= 15 is 0 Å². The van der Waals surface area contributed by atoms with Crippen molar-refractivity contribution in [2.45, 2.75) is 19.8 Å². The average Bonchev–Trinajstić information content (AvgIpc) is 2.47. The van der Waals surface area contributed by atoms with Gasteiger partial charge in [0.1, 0.15) is 0 Å². The summed E-state index contributed by atoms with van der Waals surface area (Å²) in [5.74, 6) is 0. The summed E-state index contributed by atoms with van der Waals surface area (Å²) < 4.78 is 0. The second-order valence-electron chi connectivity index (χ2n) is 4.41. The summed E-state index contributed by atoms with van der Waals surface area (Å²) in [7, 11) is 0. The standard InChI is InChI=1S/C17H16N2/c1-2-3-14-8-10-17(11-9-14)19-13-16-6-4-15(12-18)5-7-16/h4-11,13H,2-3H2,1H3. The Balaban J connectivity index is 2.07. The molecule has 2 nitrogen and oxygen atoms in total. The Bertz CT molecular complexity index is 587. The monoisotopic (exact) mass is 248 g/mol. The Labute approximate surface area is 114 Å². The Morgan fingerprint density at radius 2 is 1.74 bits per heavy atom. The summed E-state index contributed by atoms with van der Waals surface area (Å²) >= 11 is 0. The van der Waals surface area contributed by atoms with Crippen LogP contribution in [0.4, 0.5) is 5.69 Å². The Morgan fingerprint density at radius 3 is 2.32 bits per heavy atom. The highest BCUT2D eigenvalue weighted by Crippen LogP contribution is 2.14. The van der Waals surface area contributed by atoms with Gasteiger partial charge < -0.3 is 0 Å². The van der Waals surface area contributed by atoms with Gasteiger partial charge in [-0.1, -0.05) is 37.6 Å². The lowest BCUT2D eigenvalue weighted by molar-refractivity contribution is 0.922. The Morgan fingerprint density at radius 1 is 1.05 bits per heavy atom. The van der Waals surface area contributed by atoms with Crippen molar-refractivity contribution in [3.8, 4) is 6.07 Å². The van der Waals surface area contributed by atoms with Crippen LogP contribution in [0.2, 0.25) is 0 Å². The molecular formula is C17H16N2. The second-order valence-corrected chi connectivity index (χ2v) is 4.41. The molecule has 94 valence electrons. The molecule has 0 fully saturated rings. The molecule has 0 bridgehead atoms. The number of aliphatic imine (C=N–C) groups is 1. The number of hydrogen-bond acceptors (Lipinski definition) is 2. The van der Waals surface area contributed by atoms with E-state index in [0.29, 0.717) is 5.56 Å². The van der Waals surface area contributed by atoms with Crippen LogP contribution in [0.3, 0.4) is 0 Å². The molecule has 0 heterocycles. The quantitative estimate of drug-likeness (QED) is 0.744. The van der Waals surface area contributed by atoms with E-state index in [1.165, 1.54) is 5.56 Å². The molecule has 0 aliphatic carbocycles. The van der Waals surface area contributed by atoms with E-state index in [4.69, 9.17) is 5.26 Å². The van der Waals surface area contributed by atoms with Crippen molar-refractivity contribution in [3.63, 3.8) is 0 Å². The molecule has 2 heteroatoms. The van der Waals surface area contributed by atoms with E-state index in [1.807, 2.05) is 30.5 Å². The molecule has 2 aromatic rings. The molecule has 0 spiro atoms. The predicted molar refractivity (Wildman–Crippen MR) is 78.8 cm³/mol. The van der Waals surface area contributed by atoms with Crippen LogP contribution in [0, 0.1) is 11.3 Å². The van der Waals surface area contributed by atoms with Gasteiger partial charge in [0.25, 0.3) is 0 Å². The highest BCUT2D eigenvalue weighted by atomic mass is 14.7. The molecule has 19 heavy (non-hydrogen) atoms. The van der Waals surface area contributed by atoms with Crippen molar-refractivity contribution in [1.82, 2.24) is 0 Å². The maximum Gasteiger partial charge on any atom is 0.0991 e. The lowest BCUT2D eigenvalue weighted by Gasteiger charge is -1.99. The van der Waals surface area contributed by atoms with Gasteiger partial charge in [0.05, 0.1) is 17.3 Å². The van der Waals surface area contributed by atoms with Crippen LogP contribution in [-0.4, -0.2) is 6.21 Å². The van der Waals surface area contributed by atoms with E-state index in [2.05, 4.69) is 30.1 Å². The van der Waals surface area contributed by atoms with Crippen LogP contribution < -0.4 is 0 Å².